The standard InChI is InChI=1S/C19H21N3OS2.C19H20N2OS2.C18H17N3OS3.C16H16N2OS2.C15H15N3OS2.C15H14N2OS2/c1-10-8-19(3,4)22(5)15-7-16-13(6-12(10)15)20-18(25-16)17-21-14(9-24-17)11(2)23;1-10-7-19(3,4)8-12-5-16-14(6-13(10)12)20-18(24-16)17-21-15(9-23-17)11(2)22;1-9(22)13-8-24-17(20-13)18-19-12-5-11-14(6-15(12)25-18)21(2)7-10-3-4-23-16(10)11;1-9(19)13-8-20-15(18-13)16-17-12-6-10-4-2-3-5-11(10)7-14(12)21-16;1-8(19)11-7-20-14(17-11)15-16-10-5-9-3-4-18(2)12(9)6-13(10)21-15;1-8(18)12-7-19-14(17-12)15-16-11-5-9-3-2-4-10(9)6-13(11)20-15/h6-8,14H,9H2,1-5H3;5-7,15H,8-9H2,1-4H3;3-6,10,13,16H,7-8H2,1-2H3;6-7,13H,2-5,8H2,1H3;5-6,11H,3-4,7H2,1-2H3;5-6,12H,2-4,7H2,1H3/t14-;15-;10?,13-,16?;13-;11-;12-/m111111/s1. The van der Waals surface area contributed by atoms with E-state index < -0.39 is 0 Å². The fourth-order valence-corrected chi connectivity index (χ4v) is 33.3. The van der Waals surface area contributed by atoms with Gasteiger partial charge in [-0.05, 0) is 266 Å². The lowest BCUT2D eigenvalue weighted by Gasteiger charge is -2.40. The van der Waals surface area contributed by atoms with Crippen LogP contribution in [0.4, 0.5) is 17.1 Å². The first-order chi connectivity index (χ1) is 65.2. The highest BCUT2D eigenvalue weighted by Gasteiger charge is 2.38. The van der Waals surface area contributed by atoms with Crippen molar-refractivity contribution < 1.29 is 28.8 Å². The van der Waals surface area contributed by atoms with Crippen LogP contribution in [-0.2, 0) is 67.3 Å². The number of carbonyl (C=O) groups is 6. The maximum absolute atomic E-state index is 11.6. The third-order valence-corrected chi connectivity index (χ3v) is 41.2. The van der Waals surface area contributed by atoms with E-state index in [2.05, 4.69) is 204 Å². The van der Waals surface area contributed by atoms with E-state index in [0.717, 1.165) is 154 Å². The molecule has 0 bridgehead atoms. The first-order valence-corrected chi connectivity index (χ1v) is 57.7. The van der Waals surface area contributed by atoms with E-state index in [1.54, 1.807) is 180 Å². The van der Waals surface area contributed by atoms with Gasteiger partial charge in [0, 0.05) is 103 Å². The van der Waals surface area contributed by atoms with Crippen LogP contribution in [-0.4, -0.2) is 205 Å². The van der Waals surface area contributed by atoms with Gasteiger partial charge in [0.2, 0.25) is 0 Å². The topological polar surface area (TPSA) is 264 Å². The van der Waals surface area contributed by atoms with Gasteiger partial charge < -0.3 is 14.7 Å². The van der Waals surface area contributed by atoms with Crippen LogP contribution in [0.3, 0.4) is 0 Å². The molecule has 21 nitrogen and oxygen atoms in total. The summed E-state index contributed by atoms with van der Waals surface area (Å²) in [5.41, 5.74) is 25.7. The second kappa shape index (κ2) is 39.0. The number of ketones is 6. The van der Waals surface area contributed by atoms with Gasteiger partial charge in [0.15, 0.2) is 34.7 Å². The van der Waals surface area contributed by atoms with Gasteiger partial charge in [-0.2, -0.15) is 0 Å². The molecule has 3 aliphatic carbocycles. The van der Waals surface area contributed by atoms with E-state index in [0.29, 0.717) is 11.2 Å². The Labute approximate surface area is 844 Å². The number of aryl methyl sites for hydroxylation is 4. The van der Waals surface area contributed by atoms with Crippen molar-refractivity contribution in [2.45, 2.75) is 188 Å². The van der Waals surface area contributed by atoms with Crippen LogP contribution in [0, 0.1) is 11.3 Å². The average molecular weight is 2050 g/mol. The van der Waals surface area contributed by atoms with Gasteiger partial charge in [-0.25, -0.2) is 29.9 Å². The van der Waals surface area contributed by atoms with Gasteiger partial charge in [-0.3, -0.25) is 58.7 Å². The van der Waals surface area contributed by atoms with Gasteiger partial charge in [0.25, 0.3) is 0 Å². The molecule has 0 saturated carbocycles. The molecule has 12 aromatic rings. The molecule has 0 amide bonds. The fourth-order valence-electron chi connectivity index (χ4n) is 19.0. The van der Waals surface area contributed by atoms with E-state index >= 15 is 0 Å². The summed E-state index contributed by atoms with van der Waals surface area (Å²) in [6, 6.07) is 25.9. The Kier molecular flexibility index (Phi) is 27.3. The largest absolute Gasteiger partial charge is 0.374 e. The fraction of sp³-hybridized carbons (Fsp3) is 0.412. The number of hydrogen-bond acceptors (Lipinski definition) is 34. The van der Waals surface area contributed by atoms with Crippen LogP contribution in [0.25, 0.3) is 72.4 Å². The minimum absolute atomic E-state index is 0.00161. The Morgan fingerprint density at radius 3 is 1.08 bits per heavy atom. The van der Waals surface area contributed by atoms with Gasteiger partial charge in [0.05, 0.1) is 66.8 Å². The molecular formula is C102H103N15O6S13. The third kappa shape index (κ3) is 19.8. The molecule has 2 unspecified atom stereocenters. The quantitative estimate of drug-likeness (QED) is 0.110. The highest BCUT2D eigenvalue weighted by Crippen LogP contribution is 2.52. The molecule has 6 aromatic carbocycles. The number of likely N-dealkylation sites (N-methyl/N-ethyl adjacent to an activating group) is 2. The number of rotatable bonds is 12. The van der Waals surface area contributed by atoms with Crippen LogP contribution in [0.2, 0.25) is 0 Å². The van der Waals surface area contributed by atoms with E-state index in [1.807, 2.05) is 11.8 Å². The summed E-state index contributed by atoms with van der Waals surface area (Å²) in [7, 11) is 6.45. The maximum Gasteiger partial charge on any atom is 0.155 e. The zero-order chi connectivity index (χ0) is 94.8. The van der Waals surface area contributed by atoms with Crippen molar-refractivity contribution in [1.82, 2.24) is 29.9 Å². The third-order valence-electron chi connectivity index (χ3n) is 26.7. The van der Waals surface area contributed by atoms with Gasteiger partial charge in [0.1, 0.15) is 96.6 Å². The van der Waals surface area contributed by atoms with Gasteiger partial charge in [-0.1, -0.05) is 32.1 Å². The number of aliphatic imine (C=N–C) groups is 6. The Hall–Kier alpha value is -8.23. The summed E-state index contributed by atoms with van der Waals surface area (Å²) in [5, 5.41) is 14.0. The van der Waals surface area contributed by atoms with E-state index in [-0.39, 0.29) is 81.9 Å². The first kappa shape index (κ1) is 95.3. The SMILES string of the molecule is CC(=O)[C@H]1CSC(c2nc3cc4c(cc3s2)CC(C)(C)C=C4C)=N1.CC(=O)[C@H]1CSC(c2nc3cc4c(cc3s2)CCC4)=N1.CC(=O)[C@H]1CSC(c2nc3cc4c(cc3s2)CCCC4)=N1.CC(=O)[C@H]1CSC(c2nc3cc4c(cc3s2)N(C)C(C)(C)C=C4C)=N1.CC(=O)[C@H]1CSC(c2nc3cc4c(cc3s2)N(C)CC2C=CSC42)=N1.CC(=O)[C@H]1CSC(c2nc3cc4c(cc3s2)N(C)CC4)=N1. The molecule has 700 valence electrons. The van der Waals surface area contributed by atoms with E-state index in [4.69, 9.17) is 29.9 Å². The number of anilines is 3. The summed E-state index contributed by atoms with van der Waals surface area (Å²) in [4.78, 5) is 132. The Morgan fingerprint density at radius 2 is 0.684 bits per heavy atom. The van der Waals surface area contributed by atoms with Crippen LogP contribution < -0.4 is 14.7 Å². The van der Waals surface area contributed by atoms with Crippen molar-refractivity contribution in [3.63, 3.8) is 0 Å². The number of thiazole rings is 6. The lowest BCUT2D eigenvalue weighted by Crippen LogP contribution is -2.41. The number of hydrogen-bond donors (Lipinski definition) is 0. The van der Waals surface area contributed by atoms with Crippen molar-refractivity contribution >= 4 is 305 Å². The summed E-state index contributed by atoms with van der Waals surface area (Å²) in [6.45, 7) is 25.2. The molecular weight excluding hydrogens is 1950 g/mol. The summed E-state index contributed by atoms with van der Waals surface area (Å²) >= 11 is 21.9. The Bertz CT molecular complexity index is 7170. The summed E-state index contributed by atoms with van der Waals surface area (Å²) in [6.07, 6.45) is 17.8. The molecule has 6 aromatic heterocycles. The van der Waals surface area contributed by atoms with Crippen molar-refractivity contribution in [2.75, 3.05) is 83.4 Å². The van der Waals surface area contributed by atoms with Crippen LogP contribution in [0.5, 0.6) is 0 Å². The number of carbonyl (C=O) groups excluding carboxylic acids is 6. The second-order valence-electron chi connectivity index (χ2n) is 37.9. The molecule has 0 radical (unpaired) electrons. The summed E-state index contributed by atoms with van der Waals surface area (Å²) in [5.74, 6) is 5.91. The molecule has 13 aliphatic rings. The van der Waals surface area contributed by atoms with Crippen LogP contribution in [0.1, 0.15) is 188 Å². The number of fused-ring (bicyclic) bond motifs is 14. The Morgan fingerprint density at radius 1 is 0.353 bits per heavy atom. The monoisotopic (exact) mass is 2050 g/mol. The minimum Gasteiger partial charge on any atom is -0.374 e. The Balaban J connectivity index is 0.000000101. The smallest absolute Gasteiger partial charge is 0.155 e. The first-order valence-electron chi connectivity index (χ1n) is 46.0. The predicted octanol–water partition coefficient (Wildman–Crippen LogP) is 22.8. The van der Waals surface area contributed by atoms with Gasteiger partial charge >= 0.3 is 0 Å². The number of nitrogens with zero attached hydrogens (tertiary/aromatic N) is 15. The number of allylic oxidation sites excluding steroid dienone is 3. The number of aromatic nitrogens is 6. The van der Waals surface area contributed by atoms with Crippen molar-refractivity contribution in [3.8, 4) is 0 Å². The lowest BCUT2D eigenvalue weighted by molar-refractivity contribution is -0.118. The zero-order valence-corrected chi connectivity index (χ0v) is 89.0. The van der Waals surface area contributed by atoms with Gasteiger partial charge in [-0.15, -0.1) is 150 Å². The van der Waals surface area contributed by atoms with Crippen molar-refractivity contribution in [1.29, 1.82) is 0 Å². The van der Waals surface area contributed by atoms with Crippen molar-refractivity contribution in [3.05, 3.63) is 177 Å². The molecule has 0 spiro atoms. The highest BCUT2D eigenvalue weighted by molar-refractivity contribution is 8.16. The summed E-state index contributed by atoms with van der Waals surface area (Å²) < 4.78 is 7.27. The molecule has 16 heterocycles. The molecule has 0 saturated heterocycles. The molecule has 10 aliphatic heterocycles. The van der Waals surface area contributed by atoms with E-state index in [9.17, 15) is 28.8 Å². The lowest BCUT2D eigenvalue weighted by atomic mass is 9.76. The minimum atomic E-state index is -0.211. The molecule has 136 heavy (non-hydrogen) atoms. The molecule has 34 heteroatoms. The maximum atomic E-state index is 11.6. The number of thioether (sulfide) groups is 7. The van der Waals surface area contributed by atoms with Crippen LogP contribution >= 0.6 is 150 Å². The predicted molar refractivity (Wildman–Crippen MR) is 588 cm³/mol. The number of benzene rings is 6. The zero-order valence-electron chi connectivity index (χ0n) is 78.3. The number of Topliss-reactive ketones (excluding diaryl/α,β-unsaturated/α-hetero) is 6. The second-order valence-corrected chi connectivity index (χ2v) is 51.1. The molecule has 8 atom stereocenters. The molecule has 0 fully saturated rings. The average Bonchev–Trinajstić information content (AvgIpc) is 1.51. The van der Waals surface area contributed by atoms with Crippen molar-refractivity contribution in [2.24, 2.45) is 41.3 Å². The van der Waals surface area contributed by atoms with Crippen LogP contribution in [0.15, 0.2) is 126 Å². The molecule has 25 rings (SSSR count). The highest BCUT2D eigenvalue weighted by atomic mass is 32.2. The normalized spacial score (nSPS) is 22.7. The molecule has 0 N–H and O–H groups in total. The van der Waals surface area contributed by atoms with E-state index in [1.165, 1.54) is 151 Å².